The Hall–Kier alpha value is -0.610. The van der Waals surface area contributed by atoms with Gasteiger partial charge in [0, 0.05) is 7.11 Å². The maximum absolute atomic E-state index is 11.1. The molecular weight excluding hydrogens is 158 g/mol. The van der Waals surface area contributed by atoms with Crippen molar-refractivity contribution in [2.45, 2.75) is 13.3 Å². The molecule has 0 aromatic carbocycles. The molecule has 0 amide bonds. The number of hydrogen-bond donors (Lipinski definition) is 1. The molecule has 0 heterocycles. The van der Waals surface area contributed by atoms with Crippen molar-refractivity contribution in [2.75, 3.05) is 26.9 Å². The van der Waals surface area contributed by atoms with Gasteiger partial charge in [0.2, 0.25) is 0 Å². The predicted octanol–water partition coefficient (Wildman–Crippen LogP) is 0.161. The Bertz CT molecular complexity index is 127. The second-order valence-corrected chi connectivity index (χ2v) is 2.64. The van der Waals surface area contributed by atoms with Gasteiger partial charge in [0.1, 0.15) is 6.61 Å². The maximum Gasteiger partial charge on any atom is 0.308 e. The van der Waals surface area contributed by atoms with Crippen molar-refractivity contribution in [3.8, 4) is 0 Å². The topological polar surface area (TPSA) is 61.5 Å². The molecule has 0 aromatic heterocycles. The molecule has 0 aliphatic heterocycles. The molecule has 0 aromatic rings. The molecule has 0 aliphatic rings. The highest BCUT2D eigenvalue weighted by Gasteiger charge is 2.12. The van der Waals surface area contributed by atoms with E-state index in [0.29, 0.717) is 26.2 Å². The molecule has 0 rings (SSSR count). The predicted molar refractivity (Wildman–Crippen MR) is 45.7 cm³/mol. The molecule has 12 heavy (non-hydrogen) atoms. The highest BCUT2D eigenvalue weighted by atomic mass is 16.6. The fourth-order valence-electron chi connectivity index (χ4n) is 0.736. The first kappa shape index (κ1) is 11.4. The Labute approximate surface area is 73.0 Å². The standard InChI is InChI=1S/C8H17NO3/c1-7(3-4-9)8(10)12-6-5-11-2/h7H,3-6,9H2,1-2H3. The number of esters is 1. The molecule has 0 spiro atoms. The van der Waals surface area contributed by atoms with E-state index < -0.39 is 0 Å². The third-order valence-corrected chi connectivity index (χ3v) is 1.53. The van der Waals surface area contributed by atoms with Gasteiger partial charge in [-0.05, 0) is 13.0 Å². The number of nitrogens with two attached hydrogens (primary N) is 1. The molecule has 0 radical (unpaired) electrons. The van der Waals surface area contributed by atoms with Crippen LogP contribution < -0.4 is 5.73 Å². The van der Waals surface area contributed by atoms with Crippen LogP contribution in [0.15, 0.2) is 0 Å². The Balaban J connectivity index is 3.43. The van der Waals surface area contributed by atoms with Crippen LogP contribution in [0.25, 0.3) is 0 Å². The summed E-state index contributed by atoms with van der Waals surface area (Å²) in [6.45, 7) is 3.09. The number of methoxy groups -OCH3 is 1. The minimum atomic E-state index is -0.197. The second kappa shape index (κ2) is 7.06. The normalized spacial score (nSPS) is 12.6. The summed E-state index contributed by atoms with van der Waals surface area (Å²) < 4.78 is 9.61. The lowest BCUT2D eigenvalue weighted by atomic mass is 10.1. The van der Waals surface area contributed by atoms with Crippen LogP contribution in [0.2, 0.25) is 0 Å². The number of rotatable bonds is 6. The molecule has 72 valence electrons. The van der Waals surface area contributed by atoms with E-state index in [1.165, 1.54) is 0 Å². The van der Waals surface area contributed by atoms with Gasteiger partial charge in [0.05, 0.1) is 12.5 Å². The quantitative estimate of drug-likeness (QED) is 0.461. The van der Waals surface area contributed by atoms with Gasteiger partial charge >= 0.3 is 5.97 Å². The van der Waals surface area contributed by atoms with Gasteiger partial charge in [-0.3, -0.25) is 4.79 Å². The molecule has 2 N–H and O–H groups in total. The Morgan fingerprint density at radius 1 is 1.50 bits per heavy atom. The highest BCUT2D eigenvalue weighted by Crippen LogP contribution is 2.02. The lowest BCUT2D eigenvalue weighted by Crippen LogP contribution is -2.19. The molecule has 0 aliphatic carbocycles. The molecular formula is C8H17NO3. The van der Waals surface area contributed by atoms with E-state index in [1.807, 2.05) is 6.92 Å². The zero-order valence-electron chi connectivity index (χ0n) is 7.71. The average molecular weight is 175 g/mol. The van der Waals surface area contributed by atoms with Gasteiger partial charge in [-0.1, -0.05) is 6.92 Å². The van der Waals surface area contributed by atoms with E-state index in [4.69, 9.17) is 15.2 Å². The monoisotopic (exact) mass is 175 g/mol. The SMILES string of the molecule is COCCOC(=O)C(C)CCN. The van der Waals surface area contributed by atoms with Gasteiger partial charge in [-0.2, -0.15) is 0 Å². The fourth-order valence-corrected chi connectivity index (χ4v) is 0.736. The molecule has 0 fully saturated rings. The largest absolute Gasteiger partial charge is 0.463 e. The number of hydrogen-bond acceptors (Lipinski definition) is 4. The first-order valence-electron chi connectivity index (χ1n) is 4.08. The number of carbonyl (C=O) groups is 1. The molecule has 0 bridgehead atoms. The minimum Gasteiger partial charge on any atom is -0.463 e. The first-order chi connectivity index (χ1) is 5.72. The van der Waals surface area contributed by atoms with E-state index in [2.05, 4.69) is 0 Å². The lowest BCUT2D eigenvalue weighted by molar-refractivity contribution is -0.149. The lowest BCUT2D eigenvalue weighted by Gasteiger charge is -2.09. The van der Waals surface area contributed by atoms with Crippen molar-refractivity contribution in [1.29, 1.82) is 0 Å². The summed E-state index contributed by atoms with van der Waals surface area (Å²) in [5.41, 5.74) is 5.29. The Morgan fingerprint density at radius 3 is 2.67 bits per heavy atom. The average Bonchev–Trinajstić information content (AvgIpc) is 2.05. The molecule has 0 saturated carbocycles. The van der Waals surface area contributed by atoms with E-state index >= 15 is 0 Å². The number of ether oxygens (including phenoxy) is 2. The molecule has 1 atom stereocenters. The van der Waals surface area contributed by atoms with Crippen LogP contribution in [-0.2, 0) is 14.3 Å². The van der Waals surface area contributed by atoms with Gasteiger partial charge in [0.15, 0.2) is 0 Å². The first-order valence-corrected chi connectivity index (χ1v) is 4.08. The highest BCUT2D eigenvalue weighted by molar-refractivity contribution is 5.71. The number of carbonyl (C=O) groups excluding carboxylic acids is 1. The van der Waals surface area contributed by atoms with Crippen molar-refractivity contribution in [3.63, 3.8) is 0 Å². The maximum atomic E-state index is 11.1. The van der Waals surface area contributed by atoms with E-state index in [0.717, 1.165) is 0 Å². The van der Waals surface area contributed by atoms with Crippen molar-refractivity contribution < 1.29 is 14.3 Å². The van der Waals surface area contributed by atoms with Crippen LogP contribution in [0.1, 0.15) is 13.3 Å². The summed E-state index contributed by atoms with van der Waals surface area (Å²) in [7, 11) is 1.57. The van der Waals surface area contributed by atoms with Gasteiger partial charge in [-0.25, -0.2) is 0 Å². The van der Waals surface area contributed by atoms with E-state index in [-0.39, 0.29) is 11.9 Å². The summed E-state index contributed by atoms with van der Waals surface area (Å²) in [6, 6.07) is 0. The Morgan fingerprint density at radius 2 is 2.17 bits per heavy atom. The van der Waals surface area contributed by atoms with Crippen molar-refractivity contribution in [3.05, 3.63) is 0 Å². The molecule has 1 unspecified atom stereocenters. The second-order valence-electron chi connectivity index (χ2n) is 2.64. The van der Waals surface area contributed by atoms with Gasteiger partial charge in [-0.15, -0.1) is 0 Å². The smallest absolute Gasteiger partial charge is 0.308 e. The van der Waals surface area contributed by atoms with Crippen LogP contribution in [-0.4, -0.2) is 32.8 Å². The fraction of sp³-hybridized carbons (Fsp3) is 0.875. The summed E-state index contributed by atoms with van der Waals surface area (Å²) >= 11 is 0. The van der Waals surface area contributed by atoms with Crippen LogP contribution >= 0.6 is 0 Å². The summed E-state index contributed by atoms with van der Waals surface area (Å²) in [5, 5.41) is 0. The molecule has 4 nitrogen and oxygen atoms in total. The zero-order chi connectivity index (χ0) is 9.40. The van der Waals surface area contributed by atoms with Crippen LogP contribution in [0.3, 0.4) is 0 Å². The third-order valence-electron chi connectivity index (χ3n) is 1.53. The van der Waals surface area contributed by atoms with Crippen LogP contribution in [0, 0.1) is 5.92 Å². The summed E-state index contributed by atoms with van der Waals surface area (Å²) in [4.78, 5) is 11.1. The summed E-state index contributed by atoms with van der Waals surface area (Å²) in [6.07, 6.45) is 0.672. The van der Waals surface area contributed by atoms with Crippen molar-refractivity contribution in [2.24, 2.45) is 11.7 Å². The van der Waals surface area contributed by atoms with Crippen molar-refractivity contribution in [1.82, 2.24) is 0 Å². The van der Waals surface area contributed by atoms with Crippen molar-refractivity contribution >= 4 is 5.97 Å². The zero-order valence-corrected chi connectivity index (χ0v) is 7.71. The van der Waals surface area contributed by atoms with Gasteiger partial charge < -0.3 is 15.2 Å². The van der Waals surface area contributed by atoms with E-state index in [9.17, 15) is 4.79 Å². The molecule has 4 heteroatoms. The van der Waals surface area contributed by atoms with Gasteiger partial charge in [0.25, 0.3) is 0 Å². The Kier molecular flexibility index (Phi) is 6.70. The van der Waals surface area contributed by atoms with E-state index in [1.54, 1.807) is 7.11 Å². The third kappa shape index (κ3) is 5.09. The van der Waals surface area contributed by atoms with Crippen LogP contribution in [0.4, 0.5) is 0 Å². The minimum absolute atomic E-state index is 0.105. The molecule has 0 saturated heterocycles. The summed E-state index contributed by atoms with van der Waals surface area (Å²) in [5.74, 6) is -0.302. The van der Waals surface area contributed by atoms with Crippen LogP contribution in [0.5, 0.6) is 0 Å².